The van der Waals surface area contributed by atoms with E-state index >= 15 is 0 Å². The van der Waals surface area contributed by atoms with Crippen LogP contribution in [-0.2, 0) is 0 Å². The fourth-order valence-electron chi connectivity index (χ4n) is 5.77. The predicted octanol–water partition coefficient (Wildman–Crippen LogP) is 5.88. The SMILES string of the molecule is Cc1c(C(=O)NCCC2=CCCCC2)oc2ccc3c(c12)C(O)CC1(CCCCC1)O3. The molecule has 1 aromatic heterocycles. The summed E-state index contributed by atoms with van der Waals surface area (Å²) in [5.41, 5.74) is 3.40. The number of carbonyl (C=O) groups excluding carboxylic acids is 1. The number of fused-ring (bicyclic) bond motifs is 3. The lowest BCUT2D eigenvalue weighted by molar-refractivity contribution is -0.0373. The van der Waals surface area contributed by atoms with Crippen LogP contribution in [0.15, 0.2) is 28.2 Å². The van der Waals surface area contributed by atoms with E-state index < -0.39 is 6.10 Å². The molecule has 3 aliphatic rings. The van der Waals surface area contributed by atoms with Crippen LogP contribution in [0, 0.1) is 6.92 Å². The van der Waals surface area contributed by atoms with Crippen molar-refractivity contribution in [3.63, 3.8) is 0 Å². The number of furan rings is 1. The van der Waals surface area contributed by atoms with Crippen molar-refractivity contribution in [3.05, 3.63) is 40.7 Å². The van der Waals surface area contributed by atoms with Gasteiger partial charge in [-0.1, -0.05) is 18.1 Å². The third kappa shape index (κ3) is 3.89. The van der Waals surface area contributed by atoms with Crippen LogP contribution < -0.4 is 10.1 Å². The molecular weight excluding hydrogens is 390 g/mol. The Hall–Kier alpha value is -2.27. The van der Waals surface area contributed by atoms with E-state index in [4.69, 9.17) is 9.15 Å². The van der Waals surface area contributed by atoms with Gasteiger partial charge in [-0.2, -0.15) is 0 Å². The van der Waals surface area contributed by atoms with Crippen LogP contribution in [0.4, 0.5) is 0 Å². The first-order valence-corrected chi connectivity index (χ1v) is 12.0. The van der Waals surface area contributed by atoms with Crippen molar-refractivity contribution in [3.8, 4) is 5.75 Å². The summed E-state index contributed by atoms with van der Waals surface area (Å²) in [5, 5.41) is 15.0. The molecule has 31 heavy (non-hydrogen) atoms. The van der Waals surface area contributed by atoms with Gasteiger partial charge in [-0.3, -0.25) is 4.79 Å². The van der Waals surface area contributed by atoms with Crippen LogP contribution in [0.5, 0.6) is 5.75 Å². The summed E-state index contributed by atoms with van der Waals surface area (Å²) in [6.45, 7) is 2.52. The highest BCUT2D eigenvalue weighted by Gasteiger charge is 2.42. The molecule has 1 atom stereocenters. The molecular formula is C26H33NO4. The van der Waals surface area contributed by atoms with Crippen LogP contribution in [0.25, 0.3) is 11.0 Å². The highest BCUT2D eigenvalue weighted by Crippen LogP contribution is 2.49. The number of aliphatic hydroxyl groups is 1. The van der Waals surface area contributed by atoms with Crippen molar-refractivity contribution >= 4 is 16.9 Å². The van der Waals surface area contributed by atoms with Gasteiger partial charge < -0.3 is 19.6 Å². The molecule has 5 rings (SSSR count). The lowest BCUT2D eigenvalue weighted by atomic mass is 9.77. The Morgan fingerprint density at radius 2 is 2.03 bits per heavy atom. The number of allylic oxidation sites excluding steroid dienone is 1. The summed E-state index contributed by atoms with van der Waals surface area (Å²) in [4.78, 5) is 12.9. The zero-order valence-corrected chi connectivity index (χ0v) is 18.5. The second-order valence-electron chi connectivity index (χ2n) is 9.59. The van der Waals surface area contributed by atoms with Crippen LogP contribution in [0.2, 0.25) is 0 Å². The number of nitrogens with one attached hydrogen (secondary N) is 1. The first kappa shape index (κ1) is 20.6. The molecule has 2 aromatic rings. The van der Waals surface area contributed by atoms with Crippen molar-refractivity contribution in [1.29, 1.82) is 0 Å². The zero-order chi connectivity index (χ0) is 21.4. The molecule has 5 heteroatoms. The quantitative estimate of drug-likeness (QED) is 0.602. The number of hydrogen-bond acceptors (Lipinski definition) is 4. The number of rotatable bonds is 4. The lowest BCUT2D eigenvalue weighted by Crippen LogP contribution is -2.42. The van der Waals surface area contributed by atoms with E-state index in [-0.39, 0.29) is 11.5 Å². The Bertz CT molecular complexity index is 1010. The Labute approximate surface area is 183 Å². The third-order valence-corrected chi connectivity index (χ3v) is 7.41. The minimum Gasteiger partial charge on any atom is -0.487 e. The Morgan fingerprint density at radius 3 is 2.81 bits per heavy atom. The summed E-state index contributed by atoms with van der Waals surface area (Å²) in [6.07, 6.45) is 13.6. The molecule has 0 bridgehead atoms. The van der Waals surface area contributed by atoms with E-state index in [9.17, 15) is 9.90 Å². The molecule has 1 unspecified atom stereocenters. The van der Waals surface area contributed by atoms with Gasteiger partial charge in [0.05, 0.1) is 6.10 Å². The van der Waals surface area contributed by atoms with Gasteiger partial charge in [0, 0.05) is 29.5 Å². The van der Waals surface area contributed by atoms with E-state index in [1.54, 1.807) is 0 Å². The molecule has 2 N–H and O–H groups in total. The van der Waals surface area contributed by atoms with E-state index in [0.717, 1.165) is 67.2 Å². The first-order valence-electron chi connectivity index (χ1n) is 12.0. The van der Waals surface area contributed by atoms with Crippen LogP contribution in [0.3, 0.4) is 0 Å². The number of aliphatic hydroxyl groups excluding tert-OH is 1. The zero-order valence-electron chi connectivity index (χ0n) is 18.5. The monoisotopic (exact) mass is 423 g/mol. The minimum absolute atomic E-state index is 0.186. The van der Waals surface area contributed by atoms with Gasteiger partial charge in [0.25, 0.3) is 5.91 Å². The van der Waals surface area contributed by atoms with Crippen molar-refractivity contribution in [2.24, 2.45) is 0 Å². The van der Waals surface area contributed by atoms with Gasteiger partial charge in [0.1, 0.15) is 16.9 Å². The molecule has 2 heterocycles. The molecule has 1 fully saturated rings. The standard InChI is InChI=1S/C26H33NO4/c1-17-22-20(30-24(17)25(29)27-15-12-18-8-4-2-5-9-18)10-11-21-23(22)19(28)16-26(31-21)13-6-3-7-14-26/h8,10-11,19,28H,2-7,9,12-16H2,1H3,(H,27,29). The highest BCUT2D eigenvalue weighted by atomic mass is 16.5. The van der Waals surface area contributed by atoms with E-state index in [2.05, 4.69) is 11.4 Å². The number of hydrogen-bond donors (Lipinski definition) is 2. The van der Waals surface area contributed by atoms with Gasteiger partial charge in [-0.05, 0) is 76.8 Å². The van der Waals surface area contributed by atoms with E-state index in [1.807, 2.05) is 19.1 Å². The van der Waals surface area contributed by atoms with Crippen molar-refractivity contribution in [2.45, 2.75) is 89.3 Å². The number of carbonyl (C=O) groups is 1. The second-order valence-corrected chi connectivity index (χ2v) is 9.59. The average molecular weight is 424 g/mol. The molecule has 1 aliphatic heterocycles. The van der Waals surface area contributed by atoms with Crippen molar-refractivity contribution in [1.82, 2.24) is 5.32 Å². The van der Waals surface area contributed by atoms with Crippen LogP contribution >= 0.6 is 0 Å². The molecule has 5 nitrogen and oxygen atoms in total. The fraction of sp³-hybridized carbons (Fsp3) is 0.577. The van der Waals surface area contributed by atoms with E-state index in [1.165, 1.54) is 24.8 Å². The summed E-state index contributed by atoms with van der Waals surface area (Å²) in [6, 6.07) is 3.77. The number of aryl methyl sites for hydroxylation is 1. The van der Waals surface area contributed by atoms with Gasteiger partial charge >= 0.3 is 0 Å². The molecule has 0 saturated heterocycles. The summed E-state index contributed by atoms with van der Waals surface area (Å²) >= 11 is 0. The number of ether oxygens (including phenoxy) is 1. The highest BCUT2D eigenvalue weighted by molar-refractivity contribution is 6.00. The maximum absolute atomic E-state index is 12.9. The molecule has 1 aromatic carbocycles. The summed E-state index contributed by atoms with van der Waals surface area (Å²) in [7, 11) is 0. The predicted molar refractivity (Wildman–Crippen MR) is 120 cm³/mol. The van der Waals surface area contributed by atoms with Crippen molar-refractivity contribution in [2.75, 3.05) is 6.54 Å². The molecule has 1 spiro atoms. The maximum atomic E-state index is 12.9. The van der Waals surface area contributed by atoms with Crippen molar-refractivity contribution < 1.29 is 19.1 Å². The van der Waals surface area contributed by atoms with Gasteiger partial charge in [-0.25, -0.2) is 0 Å². The number of amides is 1. The molecule has 0 radical (unpaired) electrons. The summed E-state index contributed by atoms with van der Waals surface area (Å²) in [5.74, 6) is 0.897. The van der Waals surface area contributed by atoms with Crippen LogP contribution in [-0.4, -0.2) is 23.2 Å². The van der Waals surface area contributed by atoms with Gasteiger partial charge in [0.2, 0.25) is 0 Å². The fourth-order valence-corrected chi connectivity index (χ4v) is 5.77. The molecule has 1 amide bonds. The minimum atomic E-state index is -0.601. The third-order valence-electron chi connectivity index (χ3n) is 7.41. The summed E-state index contributed by atoms with van der Waals surface area (Å²) < 4.78 is 12.4. The Morgan fingerprint density at radius 1 is 1.19 bits per heavy atom. The average Bonchev–Trinajstić information content (AvgIpc) is 3.11. The maximum Gasteiger partial charge on any atom is 0.287 e. The topological polar surface area (TPSA) is 71.7 Å². The largest absolute Gasteiger partial charge is 0.487 e. The molecule has 1 saturated carbocycles. The number of benzene rings is 1. The second kappa shape index (κ2) is 8.34. The first-order chi connectivity index (χ1) is 15.1. The van der Waals surface area contributed by atoms with E-state index in [0.29, 0.717) is 24.3 Å². The smallest absolute Gasteiger partial charge is 0.287 e. The molecule has 2 aliphatic carbocycles. The van der Waals surface area contributed by atoms with Gasteiger partial charge in [-0.15, -0.1) is 0 Å². The Balaban J connectivity index is 1.38. The normalized spacial score (nSPS) is 22.6. The Kier molecular flexibility index (Phi) is 5.55. The van der Waals surface area contributed by atoms with Crippen LogP contribution in [0.1, 0.15) is 98.4 Å². The lowest BCUT2D eigenvalue weighted by Gasteiger charge is -2.43. The van der Waals surface area contributed by atoms with Gasteiger partial charge in [0.15, 0.2) is 5.76 Å². The molecule has 166 valence electrons.